The fraction of sp³-hybridized carbons (Fsp3) is 0.300. The Bertz CT molecular complexity index is 493. The average molecular weight is 239 g/mol. The number of hydrogen-bond donors (Lipinski definition) is 1. The van der Waals surface area contributed by atoms with Crippen molar-refractivity contribution < 1.29 is 8.42 Å². The van der Waals surface area contributed by atoms with Gasteiger partial charge in [0.1, 0.15) is 10.7 Å². The summed E-state index contributed by atoms with van der Waals surface area (Å²) in [6.07, 6.45) is 5.88. The SMILES string of the molecule is Nc1ccc(S(=O)(=O)N2CC=CCC2)cn1. The molecule has 5 nitrogen and oxygen atoms in total. The van der Waals surface area contributed by atoms with Crippen LogP contribution in [0.15, 0.2) is 35.4 Å². The zero-order chi connectivity index (χ0) is 11.6. The van der Waals surface area contributed by atoms with Gasteiger partial charge in [-0.25, -0.2) is 13.4 Å². The minimum Gasteiger partial charge on any atom is -0.384 e. The molecule has 1 aliphatic rings. The van der Waals surface area contributed by atoms with Gasteiger partial charge in [-0.2, -0.15) is 4.31 Å². The summed E-state index contributed by atoms with van der Waals surface area (Å²) < 4.78 is 25.7. The van der Waals surface area contributed by atoms with Crippen LogP contribution in [-0.4, -0.2) is 30.8 Å². The molecule has 0 radical (unpaired) electrons. The predicted molar refractivity (Wildman–Crippen MR) is 61.2 cm³/mol. The topological polar surface area (TPSA) is 76.3 Å². The summed E-state index contributed by atoms with van der Waals surface area (Å²) in [5, 5.41) is 0. The maximum atomic E-state index is 12.1. The highest BCUT2D eigenvalue weighted by Crippen LogP contribution is 2.17. The van der Waals surface area contributed by atoms with E-state index in [-0.39, 0.29) is 4.90 Å². The number of nitrogens with zero attached hydrogens (tertiary/aromatic N) is 2. The number of pyridine rings is 1. The number of aromatic nitrogens is 1. The zero-order valence-corrected chi connectivity index (χ0v) is 9.52. The first-order valence-electron chi connectivity index (χ1n) is 4.97. The summed E-state index contributed by atoms with van der Waals surface area (Å²) in [5.74, 6) is 0.317. The van der Waals surface area contributed by atoms with E-state index in [4.69, 9.17) is 5.73 Å². The highest BCUT2D eigenvalue weighted by Gasteiger charge is 2.24. The molecule has 6 heteroatoms. The number of hydrogen-bond acceptors (Lipinski definition) is 4. The van der Waals surface area contributed by atoms with Crippen LogP contribution in [0.1, 0.15) is 6.42 Å². The molecule has 0 aliphatic carbocycles. The molecule has 0 aromatic carbocycles. The molecule has 0 unspecified atom stereocenters. The molecule has 1 aromatic heterocycles. The van der Waals surface area contributed by atoms with Crippen molar-refractivity contribution in [3.8, 4) is 0 Å². The van der Waals surface area contributed by atoms with Gasteiger partial charge in [-0.15, -0.1) is 0 Å². The van der Waals surface area contributed by atoms with Crippen LogP contribution in [0.25, 0.3) is 0 Å². The highest BCUT2D eigenvalue weighted by molar-refractivity contribution is 7.89. The normalized spacial score (nSPS) is 17.5. The van der Waals surface area contributed by atoms with Crippen molar-refractivity contribution in [2.24, 2.45) is 0 Å². The molecular formula is C10H13N3O2S. The maximum Gasteiger partial charge on any atom is 0.244 e. The minimum absolute atomic E-state index is 0.192. The third kappa shape index (κ3) is 2.07. The van der Waals surface area contributed by atoms with Crippen LogP contribution in [0.5, 0.6) is 0 Å². The summed E-state index contributed by atoms with van der Waals surface area (Å²) >= 11 is 0. The van der Waals surface area contributed by atoms with E-state index in [9.17, 15) is 8.42 Å². The van der Waals surface area contributed by atoms with E-state index in [2.05, 4.69) is 4.98 Å². The molecule has 0 saturated heterocycles. The number of rotatable bonds is 2. The van der Waals surface area contributed by atoms with Crippen molar-refractivity contribution in [3.05, 3.63) is 30.5 Å². The second-order valence-electron chi connectivity index (χ2n) is 3.54. The van der Waals surface area contributed by atoms with Gasteiger partial charge in [-0.1, -0.05) is 12.2 Å². The summed E-state index contributed by atoms with van der Waals surface area (Å²) in [6, 6.07) is 2.97. The van der Waals surface area contributed by atoms with Gasteiger partial charge in [0.15, 0.2) is 0 Å². The van der Waals surface area contributed by atoms with Crippen LogP contribution in [0, 0.1) is 0 Å². The van der Waals surface area contributed by atoms with Crippen LogP contribution in [-0.2, 0) is 10.0 Å². The first kappa shape index (κ1) is 11.1. The van der Waals surface area contributed by atoms with Crippen molar-refractivity contribution in [1.29, 1.82) is 0 Å². The lowest BCUT2D eigenvalue weighted by Gasteiger charge is -2.22. The van der Waals surface area contributed by atoms with E-state index in [1.54, 1.807) is 0 Å². The lowest BCUT2D eigenvalue weighted by Crippen LogP contribution is -2.33. The van der Waals surface area contributed by atoms with Crippen molar-refractivity contribution >= 4 is 15.8 Å². The van der Waals surface area contributed by atoms with Crippen molar-refractivity contribution in [2.75, 3.05) is 18.8 Å². The Morgan fingerprint density at radius 3 is 2.69 bits per heavy atom. The predicted octanol–water partition coefficient (Wildman–Crippen LogP) is 0.614. The minimum atomic E-state index is -3.41. The number of nitrogen functional groups attached to an aromatic ring is 1. The standard InChI is InChI=1S/C10H13N3O2S/c11-10-5-4-9(8-12-10)16(14,15)13-6-2-1-3-7-13/h1-2,4-5,8H,3,6-7H2,(H2,11,12). The monoisotopic (exact) mass is 239 g/mol. The Morgan fingerprint density at radius 2 is 2.12 bits per heavy atom. The average Bonchev–Trinajstić information content (AvgIpc) is 2.31. The molecule has 1 aromatic rings. The summed E-state index contributed by atoms with van der Waals surface area (Å²) in [6.45, 7) is 0.940. The first-order chi connectivity index (χ1) is 7.60. The van der Waals surface area contributed by atoms with Gasteiger partial charge in [0.05, 0.1) is 0 Å². The lowest BCUT2D eigenvalue weighted by molar-refractivity contribution is 0.437. The van der Waals surface area contributed by atoms with Crippen LogP contribution >= 0.6 is 0 Å². The van der Waals surface area contributed by atoms with Gasteiger partial charge in [0.25, 0.3) is 0 Å². The van der Waals surface area contributed by atoms with Gasteiger partial charge >= 0.3 is 0 Å². The summed E-state index contributed by atoms with van der Waals surface area (Å²) in [7, 11) is -3.41. The molecule has 0 spiro atoms. The van der Waals surface area contributed by atoms with Crippen LogP contribution in [0.3, 0.4) is 0 Å². The van der Waals surface area contributed by atoms with E-state index in [1.807, 2.05) is 12.2 Å². The Kier molecular flexibility index (Phi) is 2.93. The van der Waals surface area contributed by atoms with E-state index in [0.717, 1.165) is 6.42 Å². The molecule has 0 amide bonds. The van der Waals surface area contributed by atoms with Crippen LogP contribution in [0.2, 0.25) is 0 Å². The van der Waals surface area contributed by atoms with Gasteiger partial charge in [-0.05, 0) is 18.6 Å². The summed E-state index contributed by atoms with van der Waals surface area (Å²) in [5.41, 5.74) is 5.42. The molecule has 2 N–H and O–H groups in total. The fourth-order valence-electron chi connectivity index (χ4n) is 1.53. The molecular weight excluding hydrogens is 226 g/mol. The molecule has 0 bridgehead atoms. The Hall–Kier alpha value is -1.40. The summed E-state index contributed by atoms with van der Waals surface area (Å²) in [4.78, 5) is 3.99. The van der Waals surface area contributed by atoms with Crippen molar-refractivity contribution in [3.63, 3.8) is 0 Å². The van der Waals surface area contributed by atoms with E-state index < -0.39 is 10.0 Å². The van der Waals surface area contributed by atoms with E-state index in [1.165, 1.54) is 22.6 Å². The second kappa shape index (κ2) is 4.23. The molecule has 2 rings (SSSR count). The lowest BCUT2D eigenvalue weighted by atomic mass is 10.3. The van der Waals surface area contributed by atoms with Gasteiger partial charge < -0.3 is 5.73 Å². The number of sulfonamides is 1. The quantitative estimate of drug-likeness (QED) is 0.767. The first-order valence-corrected chi connectivity index (χ1v) is 6.41. The molecule has 0 saturated carbocycles. The van der Waals surface area contributed by atoms with Crippen molar-refractivity contribution in [2.45, 2.75) is 11.3 Å². The molecule has 16 heavy (non-hydrogen) atoms. The molecule has 86 valence electrons. The Balaban J connectivity index is 2.31. The van der Waals surface area contributed by atoms with Gasteiger partial charge in [-0.3, -0.25) is 0 Å². The van der Waals surface area contributed by atoms with E-state index in [0.29, 0.717) is 18.9 Å². The van der Waals surface area contributed by atoms with Crippen LogP contribution < -0.4 is 5.73 Å². The fourth-order valence-corrected chi connectivity index (χ4v) is 2.88. The molecule has 2 heterocycles. The van der Waals surface area contributed by atoms with Crippen molar-refractivity contribution in [1.82, 2.24) is 9.29 Å². The molecule has 0 atom stereocenters. The van der Waals surface area contributed by atoms with Crippen LogP contribution in [0.4, 0.5) is 5.82 Å². The maximum absolute atomic E-state index is 12.1. The third-order valence-electron chi connectivity index (χ3n) is 2.42. The Labute approximate surface area is 94.6 Å². The largest absolute Gasteiger partial charge is 0.384 e. The molecule has 0 fully saturated rings. The highest BCUT2D eigenvalue weighted by atomic mass is 32.2. The zero-order valence-electron chi connectivity index (χ0n) is 8.70. The number of anilines is 1. The Morgan fingerprint density at radius 1 is 1.31 bits per heavy atom. The van der Waals surface area contributed by atoms with E-state index >= 15 is 0 Å². The third-order valence-corrected chi connectivity index (χ3v) is 4.27. The smallest absolute Gasteiger partial charge is 0.244 e. The molecule has 1 aliphatic heterocycles. The van der Waals surface area contributed by atoms with Gasteiger partial charge in [0.2, 0.25) is 10.0 Å². The number of nitrogens with two attached hydrogens (primary N) is 1. The second-order valence-corrected chi connectivity index (χ2v) is 5.48. The van der Waals surface area contributed by atoms with Gasteiger partial charge in [0, 0.05) is 19.3 Å².